The standard InChI is InChI=1S/C28H30ClN3O2S/c1-19-3-5-21(6-4-19)27-24-12-16-35-25(24)11-13-31(27)18-26(33)30-14-15-32(20(2)17-30)28(34)22-7-9-23(29)10-8-22/h3-10,12,16,20,27H,11,13-15,17-18H2,1-2H3. The fourth-order valence-corrected chi connectivity index (χ4v) is 6.23. The SMILES string of the molecule is Cc1ccc(C2c3ccsc3CCN2CC(=O)N2CCN(C(=O)c3ccc(Cl)cc3)C(C)C2)cc1. The van der Waals surface area contributed by atoms with Gasteiger partial charge in [0.05, 0.1) is 12.6 Å². The third-order valence-corrected chi connectivity index (χ3v) is 8.38. The highest BCUT2D eigenvalue weighted by atomic mass is 35.5. The Morgan fingerprint density at radius 3 is 2.46 bits per heavy atom. The number of amides is 2. The number of aryl methyl sites for hydroxylation is 1. The summed E-state index contributed by atoms with van der Waals surface area (Å²) in [5.74, 6) is 0.118. The van der Waals surface area contributed by atoms with Gasteiger partial charge in [0.2, 0.25) is 5.91 Å². The molecule has 0 spiro atoms. The lowest BCUT2D eigenvalue weighted by Crippen LogP contribution is -2.57. The van der Waals surface area contributed by atoms with Crippen molar-refractivity contribution in [3.8, 4) is 0 Å². The van der Waals surface area contributed by atoms with Gasteiger partial charge < -0.3 is 9.80 Å². The first-order chi connectivity index (χ1) is 16.9. The van der Waals surface area contributed by atoms with E-state index in [-0.39, 0.29) is 23.9 Å². The van der Waals surface area contributed by atoms with Crippen molar-refractivity contribution in [1.82, 2.24) is 14.7 Å². The summed E-state index contributed by atoms with van der Waals surface area (Å²) in [5.41, 5.74) is 4.42. The van der Waals surface area contributed by atoms with Crippen molar-refractivity contribution < 1.29 is 9.59 Å². The molecular formula is C28H30ClN3O2S. The first-order valence-electron chi connectivity index (χ1n) is 12.1. The topological polar surface area (TPSA) is 43.9 Å². The maximum atomic E-state index is 13.4. The molecule has 2 unspecified atom stereocenters. The molecule has 2 amide bonds. The summed E-state index contributed by atoms with van der Waals surface area (Å²) in [6, 6.07) is 17.9. The molecule has 2 aliphatic rings. The molecule has 182 valence electrons. The van der Waals surface area contributed by atoms with Crippen LogP contribution in [0.15, 0.2) is 60.0 Å². The van der Waals surface area contributed by atoms with Crippen LogP contribution in [-0.2, 0) is 11.2 Å². The molecule has 0 aliphatic carbocycles. The van der Waals surface area contributed by atoms with Crippen LogP contribution < -0.4 is 0 Å². The molecule has 0 saturated carbocycles. The van der Waals surface area contributed by atoms with Crippen LogP contribution in [0.3, 0.4) is 0 Å². The first-order valence-corrected chi connectivity index (χ1v) is 13.4. The van der Waals surface area contributed by atoms with E-state index < -0.39 is 0 Å². The van der Waals surface area contributed by atoms with Crippen LogP contribution in [0.1, 0.15) is 44.9 Å². The third kappa shape index (κ3) is 5.01. The minimum absolute atomic E-state index is 0.0123. The van der Waals surface area contributed by atoms with E-state index in [2.05, 4.69) is 47.5 Å². The van der Waals surface area contributed by atoms with Gasteiger partial charge in [-0.15, -0.1) is 11.3 Å². The van der Waals surface area contributed by atoms with Crippen LogP contribution in [-0.4, -0.2) is 65.3 Å². The van der Waals surface area contributed by atoms with Crippen LogP contribution in [0.2, 0.25) is 5.02 Å². The maximum absolute atomic E-state index is 13.4. The fourth-order valence-electron chi connectivity index (χ4n) is 5.20. The van der Waals surface area contributed by atoms with E-state index in [4.69, 9.17) is 11.6 Å². The second kappa shape index (κ2) is 10.1. The molecule has 2 aliphatic heterocycles. The minimum atomic E-state index is -0.0476. The summed E-state index contributed by atoms with van der Waals surface area (Å²) >= 11 is 7.78. The van der Waals surface area contributed by atoms with Crippen molar-refractivity contribution in [3.05, 3.63) is 92.1 Å². The van der Waals surface area contributed by atoms with Crippen LogP contribution in [0.4, 0.5) is 0 Å². The van der Waals surface area contributed by atoms with Gasteiger partial charge in [-0.2, -0.15) is 0 Å². The lowest BCUT2D eigenvalue weighted by Gasteiger charge is -2.42. The Balaban J connectivity index is 1.27. The largest absolute Gasteiger partial charge is 0.338 e. The van der Waals surface area contributed by atoms with Gasteiger partial charge in [0.1, 0.15) is 0 Å². The molecule has 35 heavy (non-hydrogen) atoms. The van der Waals surface area contributed by atoms with Gasteiger partial charge in [-0.05, 0) is 67.1 Å². The summed E-state index contributed by atoms with van der Waals surface area (Å²) in [6.07, 6.45) is 0.975. The molecule has 1 saturated heterocycles. The molecule has 5 nitrogen and oxygen atoms in total. The van der Waals surface area contributed by atoms with E-state index in [1.54, 1.807) is 24.3 Å². The number of piperazine rings is 1. The summed E-state index contributed by atoms with van der Waals surface area (Å²) in [6.45, 7) is 6.99. The van der Waals surface area contributed by atoms with Crippen molar-refractivity contribution in [2.24, 2.45) is 0 Å². The molecule has 5 rings (SSSR count). The van der Waals surface area contributed by atoms with E-state index in [1.165, 1.54) is 21.6 Å². The highest BCUT2D eigenvalue weighted by Gasteiger charge is 2.34. The molecule has 0 N–H and O–H groups in total. The number of thiophene rings is 1. The van der Waals surface area contributed by atoms with Crippen molar-refractivity contribution in [2.45, 2.75) is 32.4 Å². The Kier molecular flexibility index (Phi) is 6.96. The zero-order valence-electron chi connectivity index (χ0n) is 20.1. The molecular weight excluding hydrogens is 478 g/mol. The van der Waals surface area contributed by atoms with Gasteiger partial charge in [0.15, 0.2) is 0 Å². The van der Waals surface area contributed by atoms with E-state index in [0.29, 0.717) is 36.8 Å². The Hall–Kier alpha value is -2.67. The van der Waals surface area contributed by atoms with Gasteiger partial charge in [0.25, 0.3) is 5.91 Å². The van der Waals surface area contributed by atoms with Crippen molar-refractivity contribution in [3.63, 3.8) is 0 Å². The fraction of sp³-hybridized carbons (Fsp3) is 0.357. The lowest BCUT2D eigenvalue weighted by atomic mass is 9.92. The molecule has 1 fully saturated rings. The smallest absolute Gasteiger partial charge is 0.254 e. The number of carbonyl (C=O) groups is 2. The second-order valence-corrected chi connectivity index (χ2v) is 11.0. The van der Waals surface area contributed by atoms with Crippen LogP contribution in [0.25, 0.3) is 0 Å². The van der Waals surface area contributed by atoms with E-state index in [0.717, 1.165) is 13.0 Å². The van der Waals surface area contributed by atoms with Crippen LogP contribution >= 0.6 is 22.9 Å². The summed E-state index contributed by atoms with van der Waals surface area (Å²) in [7, 11) is 0. The van der Waals surface area contributed by atoms with E-state index in [9.17, 15) is 9.59 Å². The summed E-state index contributed by atoms with van der Waals surface area (Å²) in [4.78, 5) is 34.0. The molecule has 3 heterocycles. The lowest BCUT2D eigenvalue weighted by molar-refractivity contribution is -0.135. The van der Waals surface area contributed by atoms with Gasteiger partial charge in [-0.3, -0.25) is 14.5 Å². The number of halogens is 1. The Labute approximate surface area is 215 Å². The quantitative estimate of drug-likeness (QED) is 0.497. The predicted molar refractivity (Wildman–Crippen MR) is 141 cm³/mol. The zero-order valence-corrected chi connectivity index (χ0v) is 21.7. The Morgan fingerprint density at radius 2 is 1.74 bits per heavy atom. The number of nitrogens with zero attached hydrogens (tertiary/aromatic N) is 3. The average Bonchev–Trinajstić information content (AvgIpc) is 3.33. The summed E-state index contributed by atoms with van der Waals surface area (Å²) < 4.78 is 0. The van der Waals surface area contributed by atoms with Gasteiger partial charge >= 0.3 is 0 Å². The average molecular weight is 508 g/mol. The monoisotopic (exact) mass is 507 g/mol. The highest BCUT2D eigenvalue weighted by Crippen LogP contribution is 2.37. The molecule has 7 heteroatoms. The molecule has 0 bridgehead atoms. The van der Waals surface area contributed by atoms with Gasteiger partial charge in [-0.1, -0.05) is 41.4 Å². The Morgan fingerprint density at radius 1 is 1.00 bits per heavy atom. The van der Waals surface area contributed by atoms with Crippen molar-refractivity contribution >= 4 is 34.8 Å². The number of carbonyl (C=O) groups excluding carboxylic acids is 2. The molecule has 2 aromatic carbocycles. The molecule has 3 aromatic rings. The van der Waals surface area contributed by atoms with Crippen molar-refractivity contribution in [2.75, 3.05) is 32.7 Å². The van der Waals surface area contributed by atoms with Crippen LogP contribution in [0.5, 0.6) is 0 Å². The first kappa shape index (κ1) is 24.0. The molecule has 2 atom stereocenters. The number of fused-ring (bicyclic) bond motifs is 1. The molecule has 0 radical (unpaired) electrons. The van der Waals surface area contributed by atoms with Gasteiger partial charge in [-0.25, -0.2) is 0 Å². The number of benzene rings is 2. The second-order valence-electron chi connectivity index (χ2n) is 9.53. The van der Waals surface area contributed by atoms with Crippen LogP contribution in [0, 0.1) is 6.92 Å². The Bertz CT molecular complexity index is 1210. The van der Waals surface area contributed by atoms with Crippen molar-refractivity contribution in [1.29, 1.82) is 0 Å². The minimum Gasteiger partial charge on any atom is -0.338 e. The predicted octanol–water partition coefficient (Wildman–Crippen LogP) is 5.03. The highest BCUT2D eigenvalue weighted by molar-refractivity contribution is 7.10. The number of hydrogen-bond donors (Lipinski definition) is 0. The summed E-state index contributed by atoms with van der Waals surface area (Å²) in [5, 5.41) is 2.77. The third-order valence-electron chi connectivity index (χ3n) is 7.13. The maximum Gasteiger partial charge on any atom is 0.254 e. The van der Waals surface area contributed by atoms with E-state index >= 15 is 0 Å². The van der Waals surface area contributed by atoms with Gasteiger partial charge in [0, 0.05) is 47.7 Å². The zero-order chi connectivity index (χ0) is 24.5. The number of rotatable bonds is 4. The molecule has 1 aromatic heterocycles. The number of hydrogen-bond acceptors (Lipinski definition) is 4. The normalized spacial score (nSPS) is 20.5. The van der Waals surface area contributed by atoms with E-state index in [1.807, 2.05) is 28.1 Å².